The van der Waals surface area contributed by atoms with Gasteiger partial charge in [-0.2, -0.15) is 0 Å². The molecule has 0 aliphatic rings. The van der Waals surface area contributed by atoms with Crippen LogP contribution in [0.2, 0.25) is 0 Å². The first-order valence-corrected chi connectivity index (χ1v) is 11.3. The van der Waals surface area contributed by atoms with Gasteiger partial charge in [-0.1, -0.05) is 6.07 Å². The summed E-state index contributed by atoms with van der Waals surface area (Å²) in [6.45, 7) is 1.28. The SMILES string of the molecule is CNS(=O)(=O)c1cc(/C=C/C(=O)OCC(=O)c2ccc(CNC(C)=O)s2)ccc1OC. The van der Waals surface area contributed by atoms with E-state index in [1.165, 1.54) is 50.6 Å². The van der Waals surface area contributed by atoms with Crippen molar-refractivity contribution in [1.29, 1.82) is 0 Å². The highest BCUT2D eigenvalue weighted by Crippen LogP contribution is 2.25. The highest BCUT2D eigenvalue weighted by atomic mass is 32.2. The number of benzene rings is 1. The molecule has 2 aromatic rings. The van der Waals surface area contributed by atoms with Gasteiger partial charge < -0.3 is 14.8 Å². The first kappa shape index (κ1) is 24.3. The Labute approximate surface area is 184 Å². The quantitative estimate of drug-likeness (QED) is 0.310. The molecule has 0 aliphatic heterocycles. The topological polar surface area (TPSA) is 128 Å². The zero-order valence-electron chi connectivity index (χ0n) is 17.1. The van der Waals surface area contributed by atoms with Crippen molar-refractivity contribution in [3.8, 4) is 5.75 Å². The third-order valence-corrected chi connectivity index (χ3v) is 6.51. The Kier molecular flexibility index (Phi) is 8.48. The van der Waals surface area contributed by atoms with Gasteiger partial charge in [-0.3, -0.25) is 9.59 Å². The first-order valence-electron chi connectivity index (χ1n) is 8.99. The van der Waals surface area contributed by atoms with Crippen LogP contribution < -0.4 is 14.8 Å². The van der Waals surface area contributed by atoms with Crippen LogP contribution in [-0.2, 0) is 30.9 Å². The number of methoxy groups -OCH3 is 1. The van der Waals surface area contributed by atoms with Crippen molar-refractivity contribution in [2.24, 2.45) is 0 Å². The van der Waals surface area contributed by atoms with E-state index in [2.05, 4.69) is 10.0 Å². The molecule has 1 amide bonds. The van der Waals surface area contributed by atoms with E-state index in [1.54, 1.807) is 18.2 Å². The second-order valence-electron chi connectivity index (χ2n) is 6.16. The van der Waals surface area contributed by atoms with Gasteiger partial charge in [0.15, 0.2) is 6.61 Å². The van der Waals surface area contributed by atoms with Crippen molar-refractivity contribution in [1.82, 2.24) is 10.0 Å². The Hall–Kier alpha value is -3.02. The van der Waals surface area contributed by atoms with Crippen LogP contribution >= 0.6 is 11.3 Å². The van der Waals surface area contributed by atoms with Gasteiger partial charge in [-0.05, 0) is 43.0 Å². The number of hydrogen-bond acceptors (Lipinski definition) is 8. The minimum Gasteiger partial charge on any atom is -0.495 e. The van der Waals surface area contributed by atoms with Crippen LogP contribution in [0.25, 0.3) is 6.08 Å². The molecule has 9 nitrogen and oxygen atoms in total. The summed E-state index contributed by atoms with van der Waals surface area (Å²) in [7, 11) is -1.12. The maximum atomic E-state index is 12.2. The van der Waals surface area contributed by atoms with Crippen LogP contribution in [0.1, 0.15) is 27.0 Å². The molecular weight excluding hydrogens is 444 g/mol. The molecule has 0 unspecified atom stereocenters. The molecule has 0 atom stereocenters. The third kappa shape index (κ3) is 7.02. The fourth-order valence-corrected chi connectivity index (χ4v) is 4.17. The normalized spacial score (nSPS) is 11.3. The Morgan fingerprint density at radius 3 is 2.55 bits per heavy atom. The van der Waals surface area contributed by atoms with Crippen LogP contribution in [0, 0.1) is 0 Å². The fraction of sp³-hybridized carbons (Fsp3) is 0.250. The molecule has 11 heteroatoms. The smallest absolute Gasteiger partial charge is 0.331 e. The highest BCUT2D eigenvalue weighted by molar-refractivity contribution is 7.89. The van der Waals surface area contributed by atoms with Gasteiger partial charge in [0.2, 0.25) is 21.7 Å². The lowest BCUT2D eigenvalue weighted by atomic mass is 10.2. The van der Waals surface area contributed by atoms with E-state index in [4.69, 9.17) is 9.47 Å². The summed E-state index contributed by atoms with van der Waals surface area (Å²) in [5, 5.41) is 2.64. The summed E-state index contributed by atoms with van der Waals surface area (Å²) in [5.41, 5.74) is 0.429. The van der Waals surface area contributed by atoms with Crippen molar-refractivity contribution >= 4 is 45.1 Å². The molecule has 0 saturated carbocycles. The number of carbonyl (C=O) groups excluding carboxylic acids is 3. The zero-order valence-corrected chi connectivity index (χ0v) is 18.8. The summed E-state index contributed by atoms with van der Waals surface area (Å²) in [4.78, 5) is 36.2. The second-order valence-corrected chi connectivity index (χ2v) is 9.18. The molecule has 2 N–H and O–H groups in total. The number of ether oxygens (including phenoxy) is 2. The highest BCUT2D eigenvalue weighted by Gasteiger charge is 2.18. The average molecular weight is 467 g/mol. The summed E-state index contributed by atoms with van der Waals surface area (Å²) in [6.07, 6.45) is 2.47. The number of thiophene rings is 1. The van der Waals surface area contributed by atoms with Crippen LogP contribution in [-0.4, -0.2) is 46.8 Å². The van der Waals surface area contributed by atoms with E-state index in [0.717, 1.165) is 11.0 Å². The molecule has 0 spiro atoms. The standard InChI is InChI=1S/C20H22N2O7S2/c1-13(23)22-11-15-6-8-18(30-15)16(24)12-29-20(25)9-5-14-4-7-17(28-3)19(10-14)31(26,27)21-2/h4-10,21H,11-12H2,1-3H3,(H,22,23)/b9-5+. The van der Waals surface area contributed by atoms with Crippen molar-refractivity contribution in [2.75, 3.05) is 20.8 Å². The van der Waals surface area contributed by atoms with Gasteiger partial charge in [0.1, 0.15) is 10.6 Å². The van der Waals surface area contributed by atoms with Crippen LogP contribution in [0.4, 0.5) is 0 Å². The second kappa shape index (κ2) is 10.8. The molecule has 0 fully saturated rings. The first-order chi connectivity index (χ1) is 14.7. The van der Waals surface area contributed by atoms with Crippen LogP contribution in [0.3, 0.4) is 0 Å². The lowest BCUT2D eigenvalue weighted by Crippen LogP contribution is -2.19. The largest absolute Gasteiger partial charge is 0.495 e. The van der Waals surface area contributed by atoms with Crippen LogP contribution in [0.15, 0.2) is 41.3 Å². The number of hydrogen-bond donors (Lipinski definition) is 2. The molecule has 1 aromatic carbocycles. The van der Waals surface area contributed by atoms with Gasteiger partial charge >= 0.3 is 5.97 Å². The number of ketones is 1. The van der Waals surface area contributed by atoms with Crippen molar-refractivity contribution in [3.63, 3.8) is 0 Å². The summed E-state index contributed by atoms with van der Waals surface area (Å²) >= 11 is 1.21. The zero-order chi connectivity index (χ0) is 23.0. The molecule has 0 aliphatic carbocycles. The van der Waals surface area contributed by atoms with E-state index in [9.17, 15) is 22.8 Å². The minimum absolute atomic E-state index is 0.0732. The van der Waals surface area contributed by atoms with Crippen molar-refractivity contribution in [2.45, 2.75) is 18.4 Å². The summed E-state index contributed by atoms with van der Waals surface area (Å²) in [5.74, 6) is -1.13. The van der Waals surface area contributed by atoms with E-state index in [0.29, 0.717) is 17.0 Å². The van der Waals surface area contributed by atoms with Gasteiger partial charge in [0.25, 0.3) is 0 Å². The molecular formula is C20H22N2O7S2. The lowest BCUT2D eigenvalue weighted by molar-refractivity contribution is -0.136. The molecule has 0 saturated heterocycles. The van der Waals surface area contributed by atoms with Crippen molar-refractivity contribution < 1.29 is 32.3 Å². The summed E-state index contributed by atoms with van der Waals surface area (Å²) < 4.78 is 36.4. The number of amides is 1. The van der Waals surface area contributed by atoms with E-state index >= 15 is 0 Å². The Morgan fingerprint density at radius 1 is 1.16 bits per heavy atom. The molecule has 166 valence electrons. The number of esters is 1. The maximum Gasteiger partial charge on any atom is 0.331 e. The minimum atomic E-state index is -3.75. The van der Waals surface area contributed by atoms with Gasteiger partial charge in [-0.25, -0.2) is 17.9 Å². The van der Waals surface area contributed by atoms with E-state index in [-0.39, 0.29) is 22.3 Å². The molecule has 0 bridgehead atoms. The molecule has 0 radical (unpaired) electrons. The van der Waals surface area contributed by atoms with Crippen LogP contribution in [0.5, 0.6) is 5.75 Å². The van der Waals surface area contributed by atoms with Gasteiger partial charge in [0, 0.05) is 17.9 Å². The lowest BCUT2D eigenvalue weighted by Gasteiger charge is -2.09. The average Bonchev–Trinajstić information content (AvgIpc) is 3.23. The number of carbonyl (C=O) groups is 3. The summed E-state index contributed by atoms with van der Waals surface area (Å²) in [6, 6.07) is 7.71. The Bertz CT molecular complexity index is 1100. The monoisotopic (exact) mass is 466 g/mol. The number of sulfonamides is 1. The van der Waals surface area contributed by atoms with Crippen molar-refractivity contribution in [3.05, 3.63) is 51.7 Å². The maximum absolute atomic E-state index is 12.2. The third-order valence-electron chi connectivity index (χ3n) is 3.95. The fourth-order valence-electron chi connectivity index (χ4n) is 2.37. The molecule has 1 aromatic heterocycles. The number of rotatable bonds is 10. The molecule has 1 heterocycles. The number of Topliss-reactive ketones (excluding diaryl/α,β-unsaturated/α-hetero) is 1. The Balaban J connectivity index is 1.97. The Morgan fingerprint density at radius 2 is 1.90 bits per heavy atom. The molecule has 31 heavy (non-hydrogen) atoms. The van der Waals surface area contributed by atoms with E-state index in [1.807, 2.05) is 0 Å². The predicted octanol–water partition coefficient (Wildman–Crippen LogP) is 1.74. The van der Waals surface area contributed by atoms with Gasteiger partial charge in [-0.15, -0.1) is 11.3 Å². The van der Waals surface area contributed by atoms with Gasteiger partial charge in [0.05, 0.1) is 18.5 Å². The molecule has 2 rings (SSSR count). The number of nitrogens with one attached hydrogen (secondary N) is 2. The predicted molar refractivity (Wildman–Crippen MR) is 115 cm³/mol. The van der Waals surface area contributed by atoms with E-state index < -0.39 is 22.6 Å².